The molecule has 0 radical (unpaired) electrons. The molecule has 1 aromatic carbocycles. The summed E-state index contributed by atoms with van der Waals surface area (Å²) < 4.78 is 0. The molecular formula is C13H18ClNO2. The molecule has 3 nitrogen and oxygen atoms in total. The topological polar surface area (TPSA) is 49.3 Å². The van der Waals surface area contributed by atoms with Crippen LogP contribution >= 0.6 is 11.6 Å². The van der Waals surface area contributed by atoms with Crippen LogP contribution in [0, 0.1) is 5.92 Å². The Morgan fingerprint density at radius 1 is 1.41 bits per heavy atom. The van der Waals surface area contributed by atoms with Crippen molar-refractivity contribution < 1.29 is 9.90 Å². The van der Waals surface area contributed by atoms with Crippen LogP contribution in [0.4, 0.5) is 0 Å². The average molecular weight is 256 g/mol. The predicted molar refractivity (Wildman–Crippen MR) is 69.2 cm³/mol. The van der Waals surface area contributed by atoms with Gasteiger partial charge in [-0.1, -0.05) is 30.7 Å². The molecule has 1 aromatic rings. The van der Waals surface area contributed by atoms with Gasteiger partial charge in [0.2, 0.25) is 0 Å². The van der Waals surface area contributed by atoms with Crippen LogP contribution in [0.1, 0.15) is 30.6 Å². The van der Waals surface area contributed by atoms with Crippen molar-refractivity contribution in [3.63, 3.8) is 0 Å². The second-order valence-electron chi connectivity index (χ2n) is 4.38. The van der Waals surface area contributed by atoms with E-state index in [9.17, 15) is 9.90 Å². The standard InChI is InChI=1S/C13H18ClNO2/c1-9(7-10(2)16)8-15-13(17)11-5-3-4-6-12(11)14/h3-6,9-10,16H,7-8H2,1-2H3,(H,15,17). The van der Waals surface area contributed by atoms with Gasteiger partial charge in [-0.3, -0.25) is 4.79 Å². The van der Waals surface area contributed by atoms with Gasteiger partial charge in [-0.25, -0.2) is 0 Å². The van der Waals surface area contributed by atoms with Gasteiger partial charge < -0.3 is 10.4 Å². The van der Waals surface area contributed by atoms with E-state index in [2.05, 4.69) is 5.32 Å². The molecule has 2 atom stereocenters. The molecule has 0 aromatic heterocycles. The van der Waals surface area contributed by atoms with Gasteiger partial charge in [-0.05, 0) is 31.4 Å². The lowest BCUT2D eigenvalue weighted by molar-refractivity contribution is 0.0939. The number of amides is 1. The first-order chi connectivity index (χ1) is 8.00. The molecule has 94 valence electrons. The fourth-order valence-electron chi connectivity index (χ4n) is 1.67. The van der Waals surface area contributed by atoms with Crippen molar-refractivity contribution in [1.82, 2.24) is 5.32 Å². The summed E-state index contributed by atoms with van der Waals surface area (Å²) in [5, 5.41) is 12.5. The Labute approximate surface area is 107 Å². The van der Waals surface area contributed by atoms with Crippen LogP contribution < -0.4 is 5.32 Å². The Balaban J connectivity index is 2.48. The van der Waals surface area contributed by atoms with Gasteiger partial charge in [0.1, 0.15) is 0 Å². The predicted octanol–water partition coefficient (Wildman–Crippen LogP) is 2.48. The molecule has 4 heteroatoms. The molecule has 0 bridgehead atoms. The van der Waals surface area contributed by atoms with Gasteiger partial charge in [0.05, 0.1) is 16.7 Å². The number of nitrogens with one attached hydrogen (secondary N) is 1. The zero-order valence-electron chi connectivity index (χ0n) is 10.1. The van der Waals surface area contributed by atoms with E-state index < -0.39 is 0 Å². The number of hydrogen-bond acceptors (Lipinski definition) is 2. The van der Waals surface area contributed by atoms with Gasteiger partial charge in [0, 0.05) is 6.54 Å². The molecule has 0 heterocycles. The summed E-state index contributed by atoms with van der Waals surface area (Å²) in [4.78, 5) is 11.8. The molecule has 0 aliphatic rings. The lowest BCUT2D eigenvalue weighted by atomic mass is 10.0. The molecule has 2 N–H and O–H groups in total. The maximum atomic E-state index is 11.8. The lowest BCUT2D eigenvalue weighted by Crippen LogP contribution is -2.29. The van der Waals surface area contributed by atoms with E-state index in [0.717, 1.165) is 0 Å². The number of rotatable bonds is 5. The van der Waals surface area contributed by atoms with Gasteiger partial charge >= 0.3 is 0 Å². The van der Waals surface area contributed by atoms with Crippen molar-refractivity contribution in [3.8, 4) is 0 Å². The molecule has 2 unspecified atom stereocenters. The van der Waals surface area contributed by atoms with Gasteiger partial charge in [0.15, 0.2) is 0 Å². The molecule has 0 saturated carbocycles. The molecule has 0 aliphatic heterocycles. The molecule has 0 aliphatic carbocycles. The Morgan fingerprint density at radius 2 is 2.06 bits per heavy atom. The van der Waals surface area contributed by atoms with Crippen molar-refractivity contribution in [2.45, 2.75) is 26.4 Å². The van der Waals surface area contributed by atoms with Crippen LogP contribution in [0.25, 0.3) is 0 Å². The quantitative estimate of drug-likeness (QED) is 0.849. The highest BCUT2D eigenvalue weighted by atomic mass is 35.5. The van der Waals surface area contributed by atoms with Crippen molar-refractivity contribution in [2.24, 2.45) is 5.92 Å². The smallest absolute Gasteiger partial charge is 0.252 e. The van der Waals surface area contributed by atoms with Crippen LogP contribution in [0.2, 0.25) is 5.02 Å². The minimum Gasteiger partial charge on any atom is -0.393 e. The van der Waals surface area contributed by atoms with Gasteiger partial charge in [-0.2, -0.15) is 0 Å². The number of benzene rings is 1. The number of aliphatic hydroxyl groups excluding tert-OH is 1. The summed E-state index contributed by atoms with van der Waals surface area (Å²) in [5.74, 6) is 0.0643. The van der Waals surface area contributed by atoms with E-state index in [-0.39, 0.29) is 17.9 Å². The Morgan fingerprint density at radius 3 is 2.65 bits per heavy atom. The van der Waals surface area contributed by atoms with Crippen molar-refractivity contribution in [1.29, 1.82) is 0 Å². The highest BCUT2D eigenvalue weighted by Crippen LogP contribution is 2.14. The van der Waals surface area contributed by atoms with Crippen LogP contribution in [0.15, 0.2) is 24.3 Å². The monoisotopic (exact) mass is 255 g/mol. The maximum absolute atomic E-state index is 11.8. The zero-order chi connectivity index (χ0) is 12.8. The summed E-state index contributed by atoms with van der Waals surface area (Å²) in [6.07, 6.45) is 0.324. The molecule has 17 heavy (non-hydrogen) atoms. The van der Waals surface area contributed by atoms with E-state index in [4.69, 9.17) is 11.6 Å². The molecule has 0 fully saturated rings. The third-order valence-corrected chi connectivity index (χ3v) is 2.80. The fourth-order valence-corrected chi connectivity index (χ4v) is 1.89. The SMILES string of the molecule is CC(O)CC(C)CNC(=O)c1ccccc1Cl. The van der Waals surface area contributed by atoms with Crippen LogP contribution in [-0.2, 0) is 0 Å². The highest BCUT2D eigenvalue weighted by Gasteiger charge is 2.11. The first-order valence-corrected chi connectivity index (χ1v) is 6.09. The summed E-state index contributed by atoms with van der Waals surface area (Å²) in [7, 11) is 0. The maximum Gasteiger partial charge on any atom is 0.252 e. The molecule has 0 saturated heterocycles. The highest BCUT2D eigenvalue weighted by molar-refractivity contribution is 6.33. The number of aliphatic hydroxyl groups is 1. The number of carbonyl (C=O) groups is 1. The molecule has 1 rings (SSSR count). The van der Waals surface area contributed by atoms with E-state index in [1.54, 1.807) is 31.2 Å². The molecule has 1 amide bonds. The van der Waals surface area contributed by atoms with E-state index in [1.807, 2.05) is 6.92 Å². The Hall–Kier alpha value is -1.06. The minimum atomic E-state index is -0.345. The van der Waals surface area contributed by atoms with E-state index in [1.165, 1.54) is 0 Å². The molecular weight excluding hydrogens is 238 g/mol. The van der Waals surface area contributed by atoms with Crippen LogP contribution in [0.5, 0.6) is 0 Å². The Bertz CT molecular complexity index is 379. The van der Waals surface area contributed by atoms with Crippen molar-refractivity contribution >= 4 is 17.5 Å². The third kappa shape index (κ3) is 4.75. The summed E-state index contributed by atoms with van der Waals surface area (Å²) in [5.41, 5.74) is 0.485. The number of halogens is 1. The van der Waals surface area contributed by atoms with Crippen molar-refractivity contribution in [3.05, 3.63) is 34.9 Å². The fraction of sp³-hybridized carbons (Fsp3) is 0.462. The summed E-state index contributed by atoms with van der Waals surface area (Å²) in [6.45, 7) is 4.26. The van der Waals surface area contributed by atoms with Gasteiger partial charge in [0.25, 0.3) is 5.91 Å². The van der Waals surface area contributed by atoms with Crippen LogP contribution in [0.3, 0.4) is 0 Å². The zero-order valence-corrected chi connectivity index (χ0v) is 10.9. The van der Waals surface area contributed by atoms with Crippen LogP contribution in [-0.4, -0.2) is 23.7 Å². The van der Waals surface area contributed by atoms with Crippen molar-refractivity contribution in [2.75, 3.05) is 6.54 Å². The van der Waals surface area contributed by atoms with E-state index >= 15 is 0 Å². The normalized spacial score (nSPS) is 14.1. The number of carbonyl (C=O) groups excluding carboxylic acids is 1. The second-order valence-corrected chi connectivity index (χ2v) is 4.79. The minimum absolute atomic E-state index is 0.173. The second kappa shape index (κ2) is 6.62. The summed E-state index contributed by atoms with van der Waals surface area (Å²) >= 11 is 5.92. The first kappa shape index (κ1) is 14.0. The number of hydrogen-bond donors (Lipinski definition) is 2. The first-order valence-electron chi connectivity index (χ1n) is 5.71. The Kier molecular flexibility index (Phi) is 5.45. The lowest BCUT2D eigenvalue weighted by Gasteiger charge is -2.14. The van der Waals surface area contributed by atoms with Gasteiger partial charge in [-0.15, -0.1) is 0 Å². The third-order valence-electron chi connectivity index (χ3n) is 2.47. The summed E-state index contributed by atoms with van der Waals surface area (Å²) in [6, 6.07) is 6.95. The van der Waals surface area contributed by atoms with E-state index in [0.29, 0.717) is 23.6 Å². The average Bonchev–Trinajstić information content (AvgIpc) is 2.25. The molecule has 0 spiro atoms. The largest absolute Gasteiger partial charge is 0.393 e.